The van der Waals surface area contributed by atoms with Gasteiger partial charge in [0.2, 0.25) is 0 Å². The summed E-state index contributed by atoms with van der Waals surface area (Å²) in [6.45, 7) is 0.771. The number of hydrogen-bond donors (Lipinski definition) is 1. The highest BCUT2D eigenvalue weighted by Gasteiger charge is 1.95. The fourth-order valence-corrected chi connectivity index (χ4v) is 0.928. The van der Waals surface area contributed by atoms with E-state index in [0.717, 1.165) is 12.1 Å². The summed E-state index contributed by atoms with van der Waals surface area (Å²) < 4.78 is 0. The predicted molar refractivity (Wildman–Crippen MR) is 49.3 cm³/mol. The molecule has 1 aromatic rings. The molecule has 0 unspecified atom stereocenters. The van der Waals surface area contributed by atoms with Crippen LogP contribution in [0.4, 0.5) is 0 Å². The molecule has 0 saturated carbocycles. The Bertz CT molecular complexity index is 215. The quantitative estimate of drug-likeness (QED) is 0.725. The van der Waals surface area contributed by atoms with Gasteiger partial charge in [-0.2, -0.15) is 0 Å². The van der Waals surface area contributed by atoms with Crippen LogP contribution in [0.3, 0.4) is 0 Å². The molecule has 0 aliphatic heterocycles. The molecule has 62 valence electrons. The molecule has 11 heavy (non-hydrogen) atoms. The van der Waals surface area contributed by atoms with E-state index in [0.29, 0.717) is 5.15 Å². The van der Waals surface area contributed by atoms with Gasteiger partial charge in [0.1, 0.15) is 5.15 Å². The third-order valence-electron chi connectivity index (χ3n) is 1.20. The Labute approximate surface area is 77.4 Å². The van der Waals surface area contributed by atoms with Gasteiger partial charge in [-0.15, -0.1) is 12.4 Å². The highest BCUT2D eigenvalue weighted by atomic mass is 35.5. The molecule has 1 aromatic heterocycles. The van der Waals surface area contributed by atoms with E-state index in [-0.39, 0.29) is 12.4 Å². The van der Waals surface area contributed by atoms with E-state index in [1.807, 2.05) is 19.2 Å². The van der Waals surface area contributed by atoms with Crippen LogP contribution in [0.2, 0.25) is 5.15 Å². The molecule has 1 rings (SSSR count). The van der Waals surface area contributed by atoms with Crippen LogP contribution in [-0.4, -0.2) is 12.0 Å². The van der Waals surface area contributed by atoms with E-state index >= 15 is 0 Å². The van der Waals surface area contributed by atoms with Crippen LogP contribution in [0.5, 0.6) is 0 Å². The standard InChI is InChI=1S/C7H9ClN2.ClH/c1-9-5-6-3-2-4-10-7(6)8;/h2-4,9H,5H2,1H3;1H. The van der Waals surface area contributed by atoms with Gasteiger partial charge < -0.3 is 5.32 Å². The molecule has 0 fully saturated rings. The van der Waals surface area contributed by atoms with Crippen molar-refractivity contribution in [2.45, 2.75) is 6.54 Å². The van der Waals surface area contributed by atoms with Crippen molar-refractivity contribution in [3.8, 4) is 0 Å². The first-order valence-corrected chi connectivity index (χ1v) is 3.46. The fourth-order valence-electron chi connectivity index (χ4n) is 0.742. The Kier molecular flexibility index (Phi) is 5.20. The highest BCUT2D eigenvalue weighted by Crippen LogP contribution is 2.09. The lowest BCUT2D eigenvalue weighted by atomic mass is 10.3. The van der Waals surface area contributed by atoms with Gasteiger partial charge in [-0.1, -0.05) is 17.7 Å². The number of halogens is 2. The molecule has 0 amide bonds. The third kappa shape index (κ3) is 3.06. The molecule has 0 atom stereocenters. The van der Waals surface area contributed by atoms with Crippen molar-refractivity contribution in [3.63, 3.8) is 0 Å². The minimum Gasteiger partial charge on any atom is -0.316 e. The number of hydrogen-bond acceptors (Lipinski definition) is 2. The highest BCUT2D eigenvalue weighted by molar-refractivity contribution is 6.30. The Morgan fingerprint density at radius 3 is 2.91 bits per heavy atom. The summed E-state index contributed by atoms with van der Waals surface area (Å²) in [5.41, 5.74) is 1.03. The number of nitrogens with one attached hydrogen (secondary N) is 1. The summed E-state index contributed by atoms with van der Waals surface area (Å²) in [6.07, 6.45) is 1.68. The van der Waals surface area contributed by atoms with Crippen molar-refractivity contribution in [2.24, 2.45) is 0 Å². The summed E-state index contributed by atoms with van der Waals surface area (Å²) in [6, 6.07) is 3.82. The molecular weight excluding hydrogens is 183 g/mol. The number of rotatable bonds is 2. The van der Waals surface area contributed by atoms with E-state index in [1.165, 1.54) is 0 Å². The zero-order chi connectivity index (χ0) is 7.40. The predicted octanol–water partition coefficient (Wildman–Crippen LogP) is 1.88. The van der Waals surface area contributed by atoms with Gasteiger partial charge >= 0.3 is 0 Å². The molecular formula is C7H10Cl2N2. The molecule has 0 radical (unpaired) electrons. The van der Waals surface area contributed by atoms with E-state index < -0.39 is 0 Å². The van der Waals surface area contributed by atoms with Gasteiger partial charge in [0, 0.05) is 18.3 Å². The zero-order valence-electron chi connectivity index (χ0n) is 6.17. The second-order valence-corrected chi connectivity index (χ2v) is 2.34. The molecule has 0 aromatic carbocycles. The normalized spacial score (nSPS) is 8.91. The van der Waals surface area contributed by atoms with Crippen LogP contribution < -0.4 is 5.32 Å². The maximum absolute atomic E-state index is 5.75. The van der Waals surface area contributed by atoms with Gasteiger partial charge in [0.15, 0.2) is 0 Å². The number of nitrogens with zero attached hydrogens (tertiary/aromatic N) is 1. The third-order valence-corrected chi connectivity index (χ3v) is 1.54. The lowest BCUT2D eigenvalue weighted by Gasteiger charge is -1.99. The molecule has 1 heterocycles. The molecule has 0 aliphatic carbocycles. The average Bonchev–Trinajstić information content (AvgIpc) is 1.94. The van der Waals surface area contributed by atoms with Gasteiger partial charge in [-0.3, -0.25) is 0 Å². The van der Waals surface area contributed by atoms with Crippen molar-refractivity contribution in [3.05, 3.63) is 29.0 Å². The Morgan fingerprint density at radius 2 is 2.36 bits per heavy atom. The summed E-state index contributed by atoms with van der Waals surface area (Å²) in [5.74, 6) is 0. The van der Waals surface area contributed by atoms with Gasteiger partial charge in [-0.25, -0.2) is 4.98 Å². The van der Waals surface area contributed by atoms with Crippen molar-refractivity contribution in [1.29, 1.82) is 0 Å². The van der Waals surface area contributed by atoms with E-state index in [2.05, 4.69) is 10.3 Å². The summed E-state index contributed by atoms with van der Waals surface area (Å²) in [7, 11) is 1.88. The first-order chi connectivity index (χ1) is 4.84. The monoisotopic (exact) mass is 192 g/mol. The Morgan fingerprint density at radius 1 is 1.64 bits per heavy atom. The second kappa shape index (κ2) is 5.35. The minimum absolute atomic E-state index is 0. The molecule has 0 aliphatic rings. The van der Waals surface area contributed by atoms with E-state index in [1.54, 1.807) is 6.20 Å². The SMILES string of the molecule is CNCc1cccnc1Cl.Cl. The Balaban J connectivity index is 0.000001000. The maximum atomic E-state index is 5.75. The number of aromatic nitrogens is 1. The molecule has 0 saturated heterocycles. The van der Waals surface area contributed by atoms with Crippen molar-refractivity contribution >= 4 is 24.0 Å². The van der Waals surface area contributed by atoms with E-state index in [9.17, 15) is 0 Å². The summed E-state index contributed by atoms with van der Waals surface area (Å²) in [4.78, 5) is 3.92. The first-order valence-electron chi connectivity index (χ1n) is 3.08. The molecule has 0 spiro atoms. The maximum Gasteiger partial charge on any atom is 0.133 e. The van der Waals surface area contributed by atoms with Crippen LogP contribution in [0.1, 0.15) is 5.56 Å². The molecule has 1 N–H and O–H groups in total. The second-order valence-electron chi connectivity index (χ2n) is 1.98. The van der Waals surface area contributed by atoms with Gasteiger partial charge in [0.25, 0.3) is 0 Å². The van der Waals surface area contributed by atoms with E-state index in [4.69, 9.17) is 11.6 Å². The van der Waals surface area contributed by atoms with Crippen LogP contribution in [-0.2, 0) is 6.54 Å². The Hall–Kier alpha value is -0.310. The molecule has 4 heteroatoms. The summed E-state index contributed by atoms with van der Waals surface area (Å²) >= 11 is 5.75. The van der Waals surface area contributed by atoms with Crippen molar-refractivity contribution in [2.75, 3.05) is 7.05 Å². The van der Waals surface area contributed by atoms with Gasteiger partial charge in [-0.05, 0) is 13.1 Å². The van der Waals surface area contributed by atoms with Crippen molar-refractivity contribution < 1.29 is 0 Å². The largest absolute Gasteiger partial charge is 0.316 e. The molecule has 0 bridgehead atoms. The van der Waals surface area contributed by atoms with Gasteiger partial charge in [0.05, 0.1) is 0 Å². The zero-order valence-corrected chi connectivity index (χ0v) is 7.75. The first kappa shape index (κ1) is 10.7. The minimum atomic E-state index is 0. The fraction of sp³-hybridized carbons (Fsp3) is 0.286. The van der Waals surface area contributed by atoms with Crippen LogP contribution >= 0.6 is 24.0 Å². The topological polar surface area (TPSA) is 24.9 Å². The van der Waals surface area contributed by atoms with Crippen LogP contribution in [0.15, 0.2) is 18.3 Å². The average molecular weight is 193 g/mol. The molecule has 2 nitrogen and oxygen atoms in total. The van der Waals surface area contributed by atoms with Crippen LogP contribution in [0, 0.1) is 0 Å². The lowest BCUT2D eigenvalue weighted by molar-refractivity contribution is 0.813. The smallest absolute Gasteiger partial charge is 0.133 e. The number of pyridine rings is 1. The lowest BCUT2D eigenvalue weighted by Crippen LogP contribution is -2.05. The van der Waals surface area contributed by atoms with Crippen LogP contribution in [0.25, 0.3) is 0 Å². The summed E-state index contributed by atoms with van der Waals surface area (Å²) in [5, 5.41) is 3.58. The van der Waals surface area contributed by atoms with Crippen molar-refractivity contribution in [1.82, 2.24) is 10.3 Å².